The summed E-state index contributed by atoms with van der Waals surface area (Å²) < 4.78 is 0.404. The van der Waals surface area contributed by atoms with Gasteiger partial charge >= 0.3 is 0 Å². The molecule has 1 fully saturated rings. The summed E-state index contributed by atoms with van der Waals surface area (Å²) >= 11 is 1.91. The standard InChI is InChI=1S/C9H20N4S/c1-7(2)12-8(13-10)11-6-9(14-3)4-5-9/h7H,4-6,10H2,1-3H3,(H2,11,12,13). The Bertz CT molecular complexity index is 211. The second-order valence-electron chi connectivity index (χ2n) is 4.00. The van der Waals surface area contributed by atoms with E-state index in [4.69, 9.17) is 5.84 Å². The largest absolute Gasteiger partial charge is 0.353 e. The molecule has 0 aromatic carbocycles. The minimum absolute atomic E-state index is 0.356. The van der Waals surface area contributed by atoms with E-state index >= 15 is 0 Å². The molecule has 5 heteroatoms. The van der Waals surface area contributed by atoms with Crippen LogP contribution in [0.1, 0.15) is 26.7 Å². The summed E-state index contributed by atoms with van der Waals surface area (Å²) in [5.41, 5.74) is 2.59. The highest BCUT2D eigenvalue weighted by molar-refractivity contribution is 8.00. The average molecular weight is 216 g/mol. The molecule has 1 saturated carbocycles. The van der Waals surface area contributed by atoms with Crippen molar-refractivity contribution in [1.82, 2.24) is 10.7 Å². The van der Waals surface area contributed by atoms with E-state index in [9.17, 15) is 0 Å². The van der Waals surface area contributed by atoms with Crippen molar-refractivity contribution >= 4 is 17.7 Å². The first-order chi connectivity index (χ1) is 6.62. The lowest BCUT2D eigenvalue weighted by atomic mass is 10.4. The van der Waals surface area contributed by atoms with Gasteiger partial charge in [0, 0.05) is 10.8 Å². The van der Waals surface area contributed by atoms with Gasteiger partial charge in [-0.25, -0.2) is 5.84 Å². The second kappa shape index (κ2) is 4.89. The number of aliphatic imine (C=N–C) groups is 1. The van der Waals surface area contributed by atoms with Crippen LogP contribution < -0.4 is 16.6 Å². The number of hydrazine groups is 1. The molecule has 0 aromatic rings. The van der Waals surface area contributed by atoms with E-state index in [1.807, 2.05) is 11.8 Å². The number of nitrogens with zero attached hydrogens (tertiary/aromatic N) is 1. The molecule has 4 N–H and O–H groups in total. The SMILES string of the molecule is CSC1(CN=C(NN)NC(C)C)CC1. The number of nitrogens with one attached hydrogen (secondary N) is 2. The highest BCUT2D eigenvalue weighted by Gasteiger charge is 2.41. The van der Waals surface area contributed by atoms with Crippen LogP contribution in [0.15, 0.2) is 4.99 Å². The van der Waals surface area contributed by atoms with Gasteiger partial charge in [0.1, 0.15) is 0 Å². The van der Waals surface area contributed by atoms with Crippen LogP contribution in [0.5, 0.6) is 0 Å². The van der Waals surface area contributed by atoms with Gasteiger partial charge in [-0.2, -0.15) is 11.8 Å². The maximum Gasteiger partial charge on any atom is 0.205 e. The molecule has 14 heavy (non-hydrogen) atoms. The first-order valence-corrected chi connectivity index (χ1v) is 6.17. The van der Waals surface area contributed by atoms with Crippen molar-refractivity contribution in [2.75, 3.05) is 12.8 Å². The van der Waals surface area contributed by atoms with Gasteiger partial charge in [-0.15, -0.1) is 0 Å². The predicted molar refractivity (Wildman–Crippen MR) is 63.4 cm³/mol. The number of hydrogen-bond donors (Lipinski definition) is 3. The fourth-order valence-electron chi connectivity index (χ4n) is 1.20. The zero-order valence-electron chi connectivity index (χ0n) is 9.13. The van der Waals surface area contributed by atoms with Crippen molar-refractivity contribution in [3.05, 3.63) is 0 Å². The molecule has 0 heterocycles. The fraction of sp³-hybridized carbons (Fsp3) is 0.889. The lowest BCUT2D eigenvalue weighted by Gasteiger charge is -2.14. The summed E-state index contributed by atoms with van der Waals surface area (Å²) in [7, 11) is 0. The van der Waals surface area contributed by atoms with Gasteiger partial charge in [0.05, 0.1) is 6.54 Å². The molecule has 0 amide bonds. The molecule has 0 aromatic heterocycles. The average Bonchev–Trinajstić information content (AvgIpc) is 2.92. The van der Waals surface area contributed by atoms with Crippen LogP contribution in [0, 0.1) is 0 Å². The zero-order valence-corrected chi connectivity index (χ0v) is 9.95. The summed E-state index contributed by atoms with van der Waals surface area (Å²) in [5.74, 6) is 6.06. The minimum Gasteiger partial charge on any atom is -0.353 e. The Hall–Kier alpha value is -0.420. The molecule has 0 bridgehead atoms. The molecule has 1 aliphatic carbocycles. The summed E-state index contributed by atoms with van der Waals surface area (Å²) in [5, 5.41) is 3.16. The third kappa shape index (κ3) is 3.38. The molecule has 0 aliphatic heterocycles. The highest BCUT2D eigenvalue weighted by atomic mass is 32.2. The van der Waals surface area contributed by atoms with Gasteiger partial charge in [0.25, 0.3) is 0 Å². The molecule has 0 atom stereocenters. The van der Waals surface area contributed by atoms with Crippen molar-refractivity contribution < 1.29 is 0 Å². The summed E-state index contributed by atoms with van der Waals surface area (Å²) in [6.07, 6.45) is 4.70. The van der Waals surface area contributed by atoms with Crippen molar-refractivity contribution in [3.63, 3.8) is 0 Å². The summed E-state index contributed by atoms with van der Waals surface area (Å²) in [6, 6.07) is 0.356. The Labute approximate surface area is 90.1 Å². The van der Waals surface area contributed by atoms with E-state index in [0.717, 1.165) is 6.54 Å². The second-order valence-corrected chi connectivity index (χ2v) is 5.27. The van der Waals surface area contributed by atoms with E-state index in [0.29, 0.717) is 16.7 Å². The van der Waals surface area contributed by atoms with Crippen LogP contribution in [0.25, 0.3) is 0 Å². The lowest BCUT2D eigenvalue weighted by Crippen LogP contribution is -2.45. The summed E-state index contributed by atoms with van der Waals surface area (Å²) in [6.45, 7) is 4.98. The van der Waals surface area contributed by atoms with Gasteiger partial charge in [0.15, 0.2) is 0 Å². The van der Waals surface area contributed by atoms with E-state index in [-0.39, 0.29) is 0 Å². The van der Waals surface area contributed by atoms with Crippen LogP contribution >= 0.6 is 11.8 Å². The number of guanidine groups is 1. The quantitative estimate of drug-likeness (QED) is 0.280. The highest BCUT2D eigenvalue weighted by Crippen LogP contribution is 2.47. The Balaban J connectivity index is 2.39. The minimum atomic E-state index is 0.356. The molecule has 82 valence electrons. The molecule has 1 aliphatic rings. The van der Waals surface area contributed by atoms with Crippen molar-refractivity contribution in [2.45, 2.75) is 37.5 Å². The Morgan fingerprint density at radius 3 is 2.57 bits per heavy atom. The maximum absolute atomic E-state index is 5.36. The van der Waals surface area contributed by atoms with Crippen molar-refractivity contribution in [1.29, 1.82) is 0 Å². The van der Waals surface area contributed by atoms with E-state index in [1.165, 1.54) is 12.8 Å². The number of nitrogens with two attached hydrogens (primary N) is 1. The van der Waals surface area contributed by atoms with E-state index in [2.05, 4.69) is 35.8 Å². The third-order valence-corrected chi connectivity index (χ3v) is 3.73. The molecular formula is C9H20N4S. The van der Waals surface area contributed by atoms with Crippen molar-refractivity contribution in [3.8, 4) is 0 Å². The lowest BCUT2D eigenvalue weighted by molar-refractivity contribution is 0.700. The summed E-state index contributed by atoms with van der Waals surface area (Å²) in [4.78, 5) is 4.44. The Kier molecular flexibility index (Phi) is 4.07. The Morgan fingerprint density at radius 1 is 1.57 bits per heavy atom. The number of hydrogen-bond acceptors (Lipinski definition) is 3. The third-order valence-electron chi connectivity index (χ3n) is 2.33. The fourth-order valence-corrected chi connectivity index (χ4v) is 1.90. The molecule has 1 rings (SSSR count). The molecule has 0 radical (unpaired) electrons. The predicted octanol–water partition coefficient (Wildman–Crippen LogP) is 0.699. The van der Waals surface area contributed by atoms with Crippen LogP contribution in [0.4, 0.5) is 0 Å². The zero-order chi connectivity index (χ0) is 10.6. The van der Waals surface area contributed by atoms with Crippen LogP contribution in [-0.2, 0) is 0 Å². The first-order valence-electron chi connectivity index (χ1n) is 4.94. The molecule has 0 unspecified atom stereocenters. The maximum atomic E-state index is 5.36. The molecule has 0 saturated heterocycles. The van der Waals surface area contributed by atoms with E-state index in [1.54, 1.807) is 0 Å². The molecule has 4 nitrogen and oxygen atoms in total. The van der Waals surface area contributed by atoms with Gasteiger partial charge in [-0.05, 0) is 32.9 Å². The van der Waals surface area contributed by atoms with E-state index < -0.39 is 0 Å². The Morgan fingerprint density at radius 2 is 2.21 bits per heavy atom. The van der Waals surface area contributed by atoms with Crippen LogP contribution in [0.3, 0.4) is 0 Å². The number of thioether (sulfide) groups is 1. The normalized spacial score (nSPS) is 19.6. The molecule has 0 spiro atoms. The van der Waals surface area contributed by atoms with Gasteiger partial charge < -0.3 is 5.32 Å². The van der Waals surface area contributed by atoms with Gasteiger partial charge in [-0.3, -0.25) is 10.4 Å². The van der Waals surface area contributed by atoms with Gasteiger partial charge in [-0.1, -0.05) is 0 Å². The van der Waals surface area contributed by atoms with Crippen molar-refractivity contribution in [2.24, 2.45) is 10.8 Å². The number of rotatable bonds is 4. The van der Waals surface area contributed by atoms with Crippen LogP contribution in [0.2, 0.25) is 0 Å². The van der Waals surface area contributed by atoms with Crippen LogP contribution in [-0.4, -0.2) is 29.5 Å². The first kappa shape index (κ1) is 11.7. The molecular weight excluding hydrogens is 196 g/mol. The van der Waals surface area contributed by atoms with Gasteiger partial charge in [0.2, 0.25) is 5.96 Å². The monoisotopic (exact) mass is 216 g/mol. The topological polar surface area (TPSA) is 62.4 Å². The smallest absolute Gasteiger partial charge is 0.205 e.